The minimum Gasteiger partial charge on any atom is -0.497 e. The number of nitrogens with two attached hydrogens (primary N) is 1. The van der Waals surface area contributed by atoms with Crippen LogP contribution in [0.15, 0.2) is 53.9 Å². The predicted molar refractivity (Wildman–Crippen MR) is 86.0 cm³/mol. The molecule has 0 spiro atoms. The van der Waals surface area contributed by atoms with Gasteiger partial charge >= 0.3 is 0 Å². The van der Waals surface area contributed by atoms with Gasteiger partial charge in [-0.05, 0) is 29.8 Å². The lowest BCUT2D eigenvalue weighted by atomic mass is 10.2. The predicted octanol–water partition coefficient (Wildman–Crippen LogP) is 2.35. The fraction of sp³-hybridized carbons (Fsp3) is 0.133. The quantitative estimate of drug-likeness (QED) is 0.575. The van der Waals surface area contributed by atoms with Crippen molar-refractivity contribution in [3.8, 4) is 17.1 Å². The van der Waals surface area contributed by atoms with Crippen LogP contribution >= 0.6 is 11.8 Å². The van der Waals surface area contributed by atoms with Gasteiger partial charge in [0.1, 0.15) is 5.75 Å². The molecule has 0 aliphatic heterocycles. The van der Waals surface area contributed by atoms with Crippen molar-refractivity contribution in [2.75, 3.05) is 13.0 Å². The Morgan fingerprint density at radius 3 is 2.77 bits per heavy atom. The summed E-state index contributed by atoms with van der Waals surface area (Å²) in [5.41, 5.74) is 2.02. The van der Waals surface area contributed by atoms with Gasteiger partial charge in [0, 0.05) is 23.7 Å². The first-order valence-corrected chi connectivity index (χ1v) is 7.63. The van der Waals surface area contributed by atoms with Gasteiger partial charge in [0.05, 0.1) is 7.11 Å². The Hall–Kier alpha value is -2.54. The molecule has 3 aromatic rings. The van der Waals surface area contributed by atoms with Gasteiger partial charge in [0.25, 0.3) is 0 Å². The molecule has 0 saturated heterocycles. The lowest BCUT2D eigenvalue weighted by molar-refractivity contribution is 0.414. The molecule has 2 heterocycles. The summed E-state index contributed by atoms with van der Waals surface area (Å²) in [7, 11) is 1.66. The Morgan fingerprint density at radius 1 is 1.18 bits per heavy atom. The summed E-state index contributed by atoms with van der Waals surface area (Å²) < 4.78 is 6.72. The van der Waals surface area contributed by atoms with E-state index in [1.165, 1.54) is 16.4 Å². The molecule has 0 fully saturated rings. The average molecular weight is 313 g/mol. The number of methoxy groups -OCH3 is 1. The maximum absolute atomic E-state index is 6.08. The Bertz CT molecular complexity index is 760. The van der Waals surface area contributed by atoms with E-state index in [1.54, 1.807) is 19.5 Å². The van der Waals surface area contributed by atoms with Crippen LogP contribution in [-0.2, 0) is 5.75 Å². The lowest BCUT2D eigenvalue weighted by Crippen LogP contribution is -2.11. The number of ether oxygens (including phenoxy) is 1. The van der Waals surface area contributed by atoms with Crippen molar-refractivity contribution in [1.29, 1.82) is 0 Å². The first-order valence-electron chi connectivity index (χ1n) is 6.64. The van der Waals surface area contributed by atoms with E-state index in [1.807, 2.05) is 36.4 Å². The molecule has 2 N–H and O–H groups in total. The summed E-state index contributed by atoms with van der Waals surface area (Å²) in [5, 5.41) is 8.96. The monoisotopic (exact) mass is 313 g/mol. The van der Waals surface area contributed by atoms with Crippen molar-refractivity contribution in [3.05, 3.63) is 54.4 Å². The molecule has 1 aromatic carbocycles. The standard InChI is InChI=1S/C15H15N5OS/c1-21-13-4-2-3-11(9-13)10-22-15-19-18-14(20(15)16)12-5-7-17-8-6-12/h2-9H,10,16H2,1H3. The molecule has 0 bridgehead atoms. The SMILES string of the molecule is COc1cccc(CSc2nnc(-c3ccncc3)n2N)c1. The zero-order valence-electron chi connectivity index (χ0n) is 12.0. The lowest BCUT2D eigenvalue weighted by Gasteiger charge is -2.05. The van der Waals surface area contributed by atoms with Crippen LogP contribution in [0.5, 0.6) is 5.75 Å². The van der Waals surface area contributed by atoms with Crippen LogP contribution in [0.3, 0.4) is 0 Å². The topological polar surface area (TPSA) is 78.9 Å². The van der Waals surface area contributed by atoms with E-state index in [9.17, 15) is 0 Å². The van der Waals surface area contributed by atoms with Crippen LogP contribution < -0.4 is 10.6 Å². The van der Waals surface area contributed by atoms with Crippen molar-refractivity contribution in [2.24, 2.45) is 0 Å². The molecule has 0 aliphatic rings. The second kappa shape index (κ2) is 6.48. The average Bonchev–Trinajstić information content (AvgIpc) is 2.95. The number of aromatic nitrogens is 4. The van der Waals surface area contributed by atoms with Crippen LogP contribution in [-0.4, -0.2) is 27.0 Å². The van der Waals surface area contributed by atoms with Crippen molar-refractivity contribution in [1.82, 2.24) is 19.9 Å². The van der Waals surface area contributed by atoms with Gasteiger partial charge in [0.15, 0.2) is 5.82 Å². The van der Waals surface area contributed by atoms with E-state index >= 15 is 0 Å². The van der Waals surface area contributed by atoms with Crippen molar-refractivity contribution < 1.29 is 4.74 Å². The number of hydrogen-bond donors (Lipinski definition) is 1. The molecule has 0 atom stereocenters. The normalized spacial score (nSPS) is 10.6. The molecule has 22 heavy (non-hydrogen) atoms. The molecule has 0 radical (unpaired) electrons. The second-order valence-corrected chi connectivity index (χ2v) is 5.49. The number of hydrogen-bond acceptors (Lipinski definition) is 6. The Morgan fingerprint density at radius 2 is 2.00 bits per heavy atom. The molecule has 7 heteroatoms. The molecule has 0 aliphatic carbocycles. The second-order valence-electron chi connectivity index (χ2n) is 4.55. The summed E-state index contributed by atoms with van der Waals surface area (Å²) in [6.45, 7) is 0. The molecule has 2 aromatic heterocycles. The number of pyridine rings is 1. The fourth-order valence-electron chi connectivity index (χ4n) is 1.98. The third-order valence-electron chi connectivity index (χ3n) is 3.11. The summed E-state index contributed by atoms with van der Waals surface area (Å²) in [6.07, 6.45) is 3.40. The van der Waals surface area contributed by atoms with Gasteiger partial charge in [-0.3, -0.25) is 4.98 Å². The highest BCUT2D eigenvalue weighted by Gasteiger charge is 2.12. The van der Waals surface area contributed by atoms with Gasteiger partial charge in [-0.1, -0.05) is 23.9 Å². The largest absolute Gasteiger partial charge is 0.497 e. The number of nitrogen functional groups attached to an aromatic ring is 1. The third-order valence-corrected chi connectivity index (χ3v) is 4.12. The van der Waals surface area contributed by atoms with E-state index in [-0.39, 0.29) is 0 Å². The number of nitrogens with zero attached hydrogens (tertiary/aromatic N) is 4. The number of rotatable bonds is 5. The molecule has 0 amide bonds. The zero-order chi connectivity index (χ0) is 15.4. The van der Waals surface area contributed by atoms with Gasteiger partial charge in [-0.15, -0.1) is 10.2 Å². The smallest absolute Gasteiger partial charge is 0.210 e. The molecular weight excluding hydrogens is 298 g/mol. The van der Waals surface area contributed by atoms with Gasteiger partial charge < -0.3 is 10.6 Å². The molecule has 112 valence electrons. The van der Waals surface area contributed by atoms with Gasteiger partial charge in [-0.2, -0.15) is 0 Å². The van der Waals surface area contributed by atoms with E-state index in [2.05, 4.69) is 15.2 Å². The van der Waals surface area contributed by atoms with Crippen LogP contribution in [0.2, 0.25) is 0 Å². The van der Waals surface area contributed by atoms with E-state index in [4.69, 9.17) is 10.6 Å². The molecular formula is C15H15N5OS. The highest BCUT2D eigenvalue weighted by Crippen LogP contribution is 2.25. The summed E-state index contributed by atoms with van der Waals surface area (Å²) in [4.78, 5) is 3.98. The Balaban J connectivity index is 1.75. The summed E-state index contributed by atoms with van der Waals surface area (Å²) in [5.74, 6) is 8.28. The summed E-state index contributed by atoms with van der Waals surface area (Å²) >= 11 is 1.53. The van der Waals surface area contributed by atoms with Gasteiger partial charge in [0.2, 0.25) is 5.16 Å². The fourth-order valence-corrected chi connectivity index (χ4v) is 2.78. The number of benzene rings is 1. The van der Waals surface area contributed by atoms with Crippen LogP contribution in [0, 0.1) is 0 Å². The first-order chi connectivity index (χ1) is 10.8. The summed E-state index contributed by atoms with van der Waals surface area (Å²) in [6, 6.07) is 11.6. The van der Waals surface area contributed by atoms with Crippen LogP contribution in [0.4, 0.5) is 0 Å². The highest BCUT2D eigenvalue weighted by atomic mass is 32.2. The molecule has 6 nitrogen and oxygen atoms in total. The van der Waals surface area contributed by atoms with Gasteiger partial charge in [-0.25, -0.2) is 4.68 Å². The third kappa shape index (κ3) is 3.04. The van der Waals surface area contributed by atoms with E-state index in [0.29, 0.717) is 11.0 Å². The molecule has 0 saturated carbocycles. The van der Waals surface area contributed by atoms with Crippen LogP contribution in [0.1, 0.15) is 5.56 Å². The molecule has 3 rings (SSSR count). The minimum absolute atomic E-state index is 0.621. The maximum atomic E-state index is 6.08. The number of thioether (sulfide) groups is 1. The van der Waals surface area contributed by atoms with Crippen molar-refractivity contribution in [3.63, 3.8) is 0 Å². The van der Waals surface area contributed by atoms with Crippen LogP contribution in [0.25, 0.3) is 11.4 Å². The Kier molecular flexibility index (Phi) is 4.24. The van der Waals surface area contributed by atoms with Crippen molar-refractivity contribution >= 4 is 11.8 Å². The van der Waals surface area contributed by atoms with Crippen molar-refractivity contribution in [2.45, 2.75) is 10.9 Å². The zero-order valence-corrected chi connectivity index (χ0v) is 12.8. The Labute approximate surface area is 132 Å². The molecule has 0 unspecified atom stereocenters. The van der Waals surface area contributed by atoms with E-state index in [0.717, 1.165) is 22.6 Å². The van der Waals surface area contributed by atoms with E-state index < -0.39 is 0 Å². The maximum Gasteiger partial charge on any atom is 0.210 e. The highest BCUT2D eigenvalue weighted by molar-refractivity contribution is 7.98. The first kappa shape index (κ1) is 14.4. The minimum atomic E-state index is 0.621.